The van der Waals surface area contributed by atoms with Gasteiger partial charge in [0.2, 0.25) is 0 Å². The molecule has 3 aromatic rings. The number of aryl methyl sites for hydroxylation is 1. The number of carbonyl (C=O) groups is 1. The average molecular weight is 391 g/mol. The van der Waals surface area contributed by atoms with Gasteiger partial charge in [-0.3, -0.25) is 4.79 Å². The smallest absolute Gasteiger partial charge is 0.287 e. The zero-order valence-corrected chi connectivity index (χ0v) is 16.8. The molecule has 1 amide bonds. The van der Waals surface area contributed by atoms with E-state index in [1.807, 2.05) is 91.1 Å². The minimum absolute atomic E-state index is 0.0580. The van der Waals surface area contributed by atoms with E-state index in [4.69, 9.17) is 9.47 Å². The SMILES string of the molecule is COc1ccccc1OCC[NH2+][C@@H](C(=O)Nc1ccc(C)cc1)c1ccccc1. The minimum atomic E-state index is -0.362. The van der Waals surface area contributed by atoms with Crippen LogP contribution in [-0.2, 0) is 4.79 Å². The molecule has 150 valence electrons. The second-order valence-electron chi connectivity index (χ2n) is 6.77. The van der Waals surface area contributed by atoms with E-state index in [1.54, 1.807) is 7.11 Å². The van der Waals surface area contributed by atoms with E-state index in [9.17, 15) is 4.79 Å². The van der Waals surface area contributed by atoms with Gasteiger partial charge in [0.1, 0.15) is 13.2 Å². The summed E-state index contributed by atoms with van der Waals surface area (Å²) in [6.07, 6.45) is 0. The summed E-state index contributed by atoms with van der Waals surface area (Å²) < 4.78 is 11.1. The number of ether oxygens (including phenoxy) is 2. The summed E-state index contributed by atoms with van der Waals surface area (Å²) in [6.45, 7) is 3.11. The van der Waals surface area contributed by atoms with Gasteiger partial charge in [-0.15, -0.1) is 0 Å². The van der Waals surface area contributed by atoms with Crippen LogP contribution >= 0.6 is 0 Å². The zero-order chi connectivity index (χ0) is 20.5. The maximum atomic E-state index is 13.0. The molecule has 0 bridgehead atoms. The predicted molar refractivity (Wildman–Crippen MR) is 114 cm³/mol. The van der Waals surface area contributed by atoms with Crippen molar-refractivity contribution in [1.82, 2.24) is 0 Å². The summed E-state index contributed by atoms with van der Waals surface area (Å²) in [5.41, 5.74) is 2.90. The van der Waals surface area contributed by atoms with Crippen molar-refractivity contribution in [2.24, 2.45) is 0 Å². The van der Waals surface area contributed by atoms with Crippen molar-refractivity contribution < 1.29 is 19.6 Å². The summed E-state index contributed by atoms with van der Waals surface area (Å²) in [5.74, 6) is 1.34. The van der Waals surface area contributed by atoms with Crippen LogP contribution in [0.3, 0.4) is 0 Å². The maximum Gasteiger partial charge on any atom is 0.287 e. The number of para-hydroxylation sites is 2. The number of hydrogen-bond donors (Lipinski definition) is 2. The Balaban J connectivity index is 1.63. The Labute approximate surface area is 171 Å². The summed E-state index contributed by atoms with van der Waals surface area (Å²) in [6, 6.07) is 24.8. The largest absolute Gasteiger partial charge is 0.493 e. The minimum Gasteiger partial charge on any atom is -0.493 e. The number of hydrogen-bond acceptors (Lipinski definition) is 3. The molecule has 0 aliphatic heterocycles. The molecule has 0 unspecified atom stereocenters. The van der Waals surface area contributed by atoms with Gasteiger partial charge in [-0.1, -0.05) is 60.2 Å². The topological polar surface area (TPSA) is 64.2 Å². The van der Waals surface area contributed by atoms with Crippen LogP contribution in [0.25, 0.3) is 0 Å². The Morgan fingerprint density at radius 2 is 1.59 bits per heavy atom. The van der Waals surface area contributed by atoms with Gasteiger partial charge in [0.25, 0.3) is 5.91 Å². The first kappa shape index (κ1) is 20.4. The van der Waals surface area contributed by atoms with Crippen LogP contribution in [0.5, 0.6) is 11.5 Å². The molecule has 0 fully saturated rings. The van der Waals surface area contributed by atoms with Crippen molar-refractivity contribution in [2.75, 3.05) is 25.6 Å². The van der Waals surface area contributed by atoms with E-state index >= 15 is 0 Å². The maximum absolute atomic E-state index is 13.0. The van der Waals surface area contributed by atoms with Gasteiger partial charge in [-0.05, 0) is 31.2 Å². The van der Waals surface area contributed by atoms with Gasteiger partial charge in [0.15, 0.2) is 17.5 Å². The number of quaternary nitrogens is 1. The van der Waals surface area contributed by atoms with E-state index in [0.717, 1.165) is 16.8 Å². The number of carbonyl (C=O) groups excluding carboxylic acids is 1. The highest BCUT2D eigenvalue weighted by molar-refractivity contribution is 5.94. The molecular formula is C24H27N2O3+. The molecule has 0 aliphatic rings. The summed E-state index contributed by atoms with van der Waals surface area (Å²) in [5, 5.41) is 5.01. The first-order chi connectivity index (χ1) is 14.2. The van der Waals surface area contributed by atoms with Crippen molar-refractivity contribution in [1.29, 1.82) is 0 Å². The lowest BCUT2D eigenvalue weighted by Crippen LogP contribution is -2.88. The third-order valence-electron chi connectivity index (χ3n) is 4.61. The van der Waals surface area contributed by atoms with Crippen molar-refractivity contribution in [3.05, 3.63) is 90.0 Å². The van der Waals surface area contributed by atoms with Crippen LogP contribution in [0.4, 0.5) is 5.69 Å². The molecule has 5 nitrogen and oxygen atoms in total. The van der Waals surface area contributed by atoms with E-state index in [0.29, 0.717) is 24.7 Å². The Hall–Kier alpha value is -3.31. The van der Waals surface area contributed by atoms with Gasteiger partial charge in [-0.25, -0.2) is 0 Å². The lowest BCUT2D eigenvalue weighted by Gasteiger charge is -2.17. The third kappa shape index (κ3) is 5.83. The van der Waals surface area contributed by atoms with Gasteiger partial charge in [0, 0.05) is 11.3 Å². The molecule has 3 aromatic carbocycles. The van der Waals surface area contributed by atoms with Crippen LogP contribution in [0.15, 0.2) is 78.9 Å². The molecule has 0 saturated heterocycles. The van der Waals surface area contributed by atoms with Crippen LogP contribution < -0.4 is 20.1 Å². The highest BCUT2D eigenvalue weighted by atomic mass is 16.5. The number of amides is 1. The zero-order valence-electron chi connectivity index (χ0n) is 16.8. The van der Waals surface area contributed by atoms with Crippen LogP contribution in [0, 0.1) is 6.92 Å². The molecule has 5 heteroatoms. The van der Waals surface area contributed by atoms with E-state index in [1.165, 1.54) is 0 Å². The Bertz CT molecular complexity index is 911. The monoisotopic (exact) mass is 391 g/mol. The first-order valence-electron chi connectivity index (χ1n) is 9.69. The molecule has 0 saturated carbocycles. The van der Waals surface area contributed by atoms with Crippen LogP contribution in [0.2, 0.25) is 0 Å². The predicted octanol–water partition coefficient (Wildman–Crippen LogP) is 3.33. The third-order valence-corrected chi connectivity index (χ3v) is 4.61. The molecule has 0 heterocycles. The molecule has 0 spiro atoms. The number of nitrogens with one attached hydrogen (secondary N) is 1. The number of rotatable bonds is 9. The molecular weight excluding hydrogens is 364 g/mol. The van der Waals surface area contributed by atoms with Gasteiger partial charge >= 0.3 is 0 Å². The molecule has 0 aliphatic carbocycles. The van der Waals surface area contributed by atoms with E-state index in [-0.39, 0.29) is 11.9 Å². The second kappa shape index (κ2) is 10.3. The Morgan fingerprint density at radius 1 is 0.931 bits per heavy atom. The van der Waals surface area contributed by atoms with Crippen molar-refractivity contribution in [2.45, 2.75) is 13.0 Å². The quantitative estimate of drug-likeness (QED) is 0.550. The lowest BCUT2D eigenvalue weighted by atomic mass is 10.1. The van der Waals surface area contributed by atoms with Crippen LogP contribution in [0.1, 0.15) is 17.2 Å². The molecule has 29 heavy (non-hydrogen) atoms. The number of anilines is 1. The Morgan fingerprint density at radius 3 is 2.28 bits per heavy atom. The molecule has 3 N–H and O–H groups in total. The van der Waals surface area contributed by atoms with Crippen molar-refractivity contribution in [3.63, 3.8) is 0 Å². The van der Waals surface area contributed by atoms with Crippen LogP contribution in [-0.4, -0.2) is 26.2 Å². The van der Waals surface area contributed by atoms with E-state index in [2.05, 4.69) is 5.32 Å². The highest BCUT2D eigenvalue weighted by Gasteiger charge is 2.24. The lowest BCUT2D eigenvalue weighted by molar-refractivity contribution is -0.682. The fourth-order valence-corrected chi connectivity index (χ4v) is 3.05. The standard InChI is InChI=1S/C24H26N2O3/c1-18-12-14-20(15-13-18)26-24(27)23(19-8-4-3-5-9-19)25-16-17-29-22-11-7-6-10-21(22)28-2/h3-15,23,25H,16-17H2,1-2H3,(H,26,27)/p+1/t23-/m1/s1. The highest BCUT2D eigenvalue weighted by Crippen LogP contribution is 2.25. The number of nitrogens with two attached hydrogens (primary N) is 1. The molecule has 3 rings (SSSR count). The summed E-state index contributed by atoms with van der Waals surface area (Å²) >= 11 is 0. The molecule has 0 radical (unpaired) electrons. The van der Waals surface area contributed by atoms with Gasteiger partial charge < -0.3 is 20.1 Å². The van der Waals surface area contributed by atoms with Gasteiger partial charge in [0.05, 0.1) is 7.11 Å². The number of methoxy groups -OCH3 is 1. The normalized spacial score (nSPS) is 11.5. The fraction of sp³-hybridized carbons (Fsp3) is 0.208. The number of benzene rings is 3. The molecule has 1 atom stereocenters. The van der Waals surface area contributed by atoms with Crippen molar-refractivity contribution >= 4 is 11.6 Å². The second-order valence-corrected chi connectivity index (χ2v) is 6.77. The van der Waals surface area contributed by atoms with Crippen molar-refractivity contribution in [3.8, 4) is 11.5 Å². The fourth-order valence-electron chi connectivity index (χ4n) is 3.05. The Kier molecular flexibility index (Phi) is 7.25. The summed E-state index contributed by atoms with van der Waals surface area (Å²) in [7, 11) is 1.62. The first-order valence-corrected chi connectivity index (χ1v) is 9.69. The van der Waals surface area contributed by atoms with Gasteiger partial charge in [-0.2, -0.15) is 0 Å². The van der Waals surface area contributed by atoms with E-state index < -0.39 is 0 Å². The summed E-state index contributed by atoms with van der Waals surface area (Å²) in [4.78, 5) is 13.0. The average Bonchev–Trinajstić information content (AvgIpc) is 2.76. The molecule has 0 aromatic heterocycles.